The molecule has 3 rings (SSSR count). The molecule has 0 aliphatic carbocycles. The molecular weight excluding hydrogens is 483 g/mol. The molecule has 0 saturated carbocycles. The first-order chi connectivity index (χ1) is 13.1. The van der Waals surface area contributed by atoms with Gasteiger partial charge in [-0.1, -0.05) is 130 Å². The third kappa shape index (κ3) is 5.50. The lowest BCUT2D eigenvalue weighted by molar-refractivity contribution is 0.851. The lowest BCUT2D eigenvalue weighted by atomic mass is 10.1. The predicted molar refractivity (Wildman–Crippen MR) is 118 cm³/mol. The monoisotopic (exact) mass is 490 g/mol. The van der Waals surface area contributed by atoms with Crippen LogP contribution in [0.25, 0.3) is 23.5 Å². The Morgan fingerprint density at radius 3 is 1.89 bits per heavy atom. The number of aromatic nitrogens is 3. The first-order valence-corrected chi connectivity index (χ1v) is 10.1. The Hall–Kier alpha value is -1.07. The van der Waals surface area contributed by atoms with Crippen molar-refractivity contribution < 1.29 is 0 Å². The van der Waals surface area contributed by atoms with Crippen LogP contribution in [0, 0.1) is 6.07 Å². The zero-order chi connectivity index (χ0) is 20.4. The Morgan fingerprint density at radius 1 is 0.714 bits per heavy atom. The minimum absolute atomic E-state index is 0.140. The van der Waals surface area contributed by atoms with Crippen molar-refractivity contribution in [3.05, 3.63) is 77.4 Å². The fourth-order valence-corrected chi connectivity index (χ4v) is 2.79. The summed E-state index contributed by atoms with van der Waals surface area (Å²) in [6.07, 6.45) is 3.81. The van der Waals surface area contributed by atoms with E-state index in [0.717, 1.165) is 11.1 Å². The normalized spacial score (nSPS) is 12.5. The lowest BCUT2D eigenvalue weighted by Gasteiger charge is -2.16. The molecule has 3 aromatic rings. The maximum Gasteiger partial charge on any atom is 0.250 e. The van der Waals surface area contributed by atoms with Gasteiger partial charge in [0, 0.05) is 5.56 Å². The molecule has 28 heavy (non-hydrogen) atoms. The fraction of sp³-hybridized carbons (Fsp3) is 0.105. The Labute approximate surface area is 192 Å². The summed E-state index contributed by atoms with van der Waals surface area (Å²) in [5.74, 6) is -0.0621. The number of hydrogen-bond donors (Lipinski definition) is 0. The van der Waals surface area contributed by atoms with E-state index in [1.807, 2.05) is 60.7 Å². The van der Waals surface area contributed by atoms with Crippen LogP contribution in [0.5, 0.6) is 0 Å². The van der Waals surface area contributed by atoms with Crippen LogP contribution in [0.1, 0.15) is 22.8 Å². The van der Waals surface area contributed by atoms with Crippen molar-refractivity contribution in [1.82, 2.24) is 15.0 Å². The highest BCUT2D eigenvalue weighted by Crippen LogP contribution is 2.41. The van der Waals surface area contributed by atoms with Gasteiger partial charge in [0.2, 0.25) is 7.59 Å². The van der Waals surface area contributed by atoms with Gasteiger partial charge in [-0.15, -0.1) is 0 Å². The minimum Gasteiger partial charge on any atom is -0.209 e. The highest BCUT2D eigenvalue weighted by molar-refractivity contribution is 6.67. The van der Waals surface area contributed by atoms with Gasteiger partial charge in [-0.25, -0.2) is 15.0 Å². The molecule has 1 aromatic heterocycles. The lowest BCUT2D eigenvalue weighted by Crippen LogP contribution is -2.17. The van der Waals surface area contributed by atoms with Crippen molar-refractivity contribution in [3.8, 4) is 11.4 Å². The number of alkyl halides is 6. The maximum absolute atomic E-state index is 5.95. The number of nitrogens with zero attached hydrogens (tertiary/aromatic N) is 3. The van der Waals surface area contributed by atoms with Crippen LogP contribution in [0.2, 0.25) is 0 Å². The van der Waals surface area contributed by atoms with Crippen molar-refractivity contribution >= 4 is 81.8 Å². The van der Waals surface area contributed by atoms with Gasteiger partial charge >= 0.3 is 0 Å². The SMILES string of the molecule is ClC(Cl)(Cl)c1nc(-c2ccccc2/C=C\c2[c]cccc2)nc(C(Cl)(Cl)Cl)n1. The third-order valence-electron chi connectivity index (χ3n) is 3.52. The van der Waals surface area contributed by atoms with Gasteiger partial charge in [0.1, 0.15) is 0 Å². The van der Waals surface area contributed by atoms with Gasteiger partial charge in [0.05, 0.1) is 0 Å². The molecular formula is C19H10Cl6N3. The molecule has 3 nitrogen and oxygen atoms in total. The molecule has 0 spiro atoms. The summed E-state index contributed by atoms with van der Waals surface area (Å²) in [7, 11) is 0. The first-order valence-electron chi connectivity index (χ1n) is 7.79. The molecule has 0 atom stereocenters. The second kappa shape index (κ2) is 8.74. The van der Waals surface area contributed by atoms with Crippen LogP contribution in [0.3, 0.4) is 0 Å². The maximum atomic E-state index is 5.95. The molecule has 0 saturated heterocycles. The summed E-state index contributed by atoms with van der Waals surface area (Å²) in [5, 5.41) is 0. The van der Waals surface area contributed by atoms with E-state index in [2.05, 4.69) is 21.0 Å². The number of benzene rings is 2. The van der Waals surface area contributed by atoms with Gasteiger partial charge in [0.25, 0.3) is 0 Å². The summed E-state index contributed by atoms with van der Waals surface area (Å²) in [6.45, 7) is 0. The Balaban J connectivity index is 2.12. The second-order valence-electron chi connectivity index (χ2n) is 5.54. The number of hydrogen-bond acceptors (Lipinski definition) is 3. The van der Waals surface area contributed by atoms with Crippen LogP contribution in [-0.2, 0) is 7.59 Å². The average molecular weight is 493 g/mol. The Bertz CT molecular complexity index is 962. The first kappa shape index (κ1) is 21.6. The van der Waals surface area contributed by atoms with Gasteiger partial charge in [0.15, 0.2) is 17.5 Å². The number of rotatable bonds is 3. The predicted octanol–water partition coefficient (Wildman–Crippen LogP) is 7.16. The van der Waals surface area contributed by atoms with Gasteiger partial charge in [-0.2, -0.15) is 0 Å². The fourth-order valence-electron chi connectivity index (χ4n) is 2.29. The highest BCUT2D eigenvalue weighted by Gasteiger charge is 2.34. The molecule has 1 radical (unpaired) electrons. The van der Waals surface area contributed by atoms with Crippen LogP contribution >= 0.6 is 69.6 Å². The van der Waals surface area contributed by atoms with E-state index in [1.165, 1.54) is 0 Å². The standard InChI is InChI=1S/C19H10Cl6N3/c20-18(21,22)16-26-15(27-17(28-16)19(23,24)25)14-9-5-4-8-13(14)11-10-12-6-2-1-3-7-12/h1-6,8-11H/b11-10-. The summed E-state index contributed by atoms with van der Waals surface area (Å²) >= 11 is 35.7. The largest absolute Gasteiger partial charge is 0.250 e. The van der Waals surface area contributed by atoms with Crippen molar-refractivity contribution in [3.63, 3.8) is 0 Å². The van der Waals surface area contributed by atoms with E-state index in [0.29, 0.717) is 5.56 Å². The molecule has 0 aliphatic rings. The zero-order valence-corrected chi connectivity index (χ0v) is 18.4. The minimum atomic E-state index is -1.91. The van der Waals surface area contributed by atoms with E-state index < -0.39 is 7.59 Å². The molecule has 2 aromatic carbocycles. The van der Waals surface area contributed by atoms with Crippen LogP contribution in [0.4, 0.5) is 0 Å². The third-order valence-corrected chi connectivity index (χ3v) is 4.53. The zero-order valence-electron chi connectivity index (χ0n) is 13.9. The molecule has 0 amide bonds. The summed E-state index contributed by atoms with van der Waals surface area (Å²) in [4.78, 5) is 12.5. The molecule has 1 heterocycles. The molecule has 0 bridgehead atoms. The number of halogens is 6. The van der Waals surface area contributed by atoms with Crippen LogP contribution < -0.4 is 0 Å². The molecule has 0 aliphatic heterocycles. The van der Waals surface area contributed by atoms with Gasteiger partial charge < -0.3 is 0 Å². The van der Waals surface area contributed by atoms with E-state index in [-0.39, 0.29) is 17.5 Å². The average Bonchev–Trinajstić information content (AvgIpc) is 2.66. The van der Waals surface area contributed by atoms with Crippen molar-refractivity contribution in [2.45, 2.75) is 7.59 Å². The summed E-state index contributed by atoms with van der Waals surface area (Å²) in [5.41, 5.74) is 2.39. The Kier molecular flexibility index (Phi) is 6.76. The molecule has 143 valence electrons. The second-order valence-corrected chi connectivity index (χ2v) is 10.1. The van der Waals surface area contributed by atoms with Gasteiger partial charge in [-0.05, 0) is 17.2 Å². The van der Waals surface area contributed by atoms with Crippen molar-refractivity contribution in [2.75, 3.05) is 0 Å². The molecule has 0 N–H and O–H groups in total. The Morgan fingerprint density at radius 2 is 1.32 bits per heavy atom. The van der Waals surface area contributed by atoms with Crippen molar-refractivity contribution in [2.24, 2.45) is 0 Å². The highest BCUT2D eigenvalue weighted by atomic mass is 35.6. The van der Waals surface area contributed by atoms with E-state index >= 15 is 0 Å². The van der Waals surface area contributed by atoms with Crippen LogP contribution in [-0.4, -0.2) is 15.0 Å². The topological polar surface area (TPSA) is 38.7 Å². The summed E-state index contributed by atoms with van der Waals surface area (Å²) < 4.78 is -3.82. The summed E-state index contributed by atoms with van der Waals surface area (Å²) in [6, 6.07) is 18.1. The quantitative estimate of drug-likeness (QED) is 0.287. The molecule has 0 fully saturated rings. The van der Waals surface area contributed by atoms with Crippen molar-refractivity contribution in [1.29, 1.82) is 0 Å². The van der Waals surface area contributed by atoms with Gasteiger partial charge in [-0.3, -0.25) is 0 Å². The smallest absolute Gasteiger partial charge is 0.209 e. The van der Waals surface area contributed by atoms with E-state index in [1.54, 1.807) is 0 Å². The van der Waals surface area contributed by atoms with E-state index in [9.17, 15) is 0 Å². The van der Waals surface area contributed by atoms with Crippen LogP contribution in [0.15, 0.2) is 48.5 Å². The molecule has 9 heteroatoms. The van der Waals surface area contributed by atoms with E-state index in [4.69, 9.17) is 69.6 Å². The molecule has 0 unspecified atom stereocenters.